The van der Waals surface area contributed by atoms with Crippen LogP contribution < -0.4 is 5.32 Å². The minimum absolute atomic E-state index is 0.566. The van der Waals surface area contributed by atoms with Crippen LogP contribution in [0.5, 0.6) is 0 Å². The first-order chi connectivity index (χ1) is 7.20. The number of hydrogen-bond donors (Lipinski definition) is 2. The molecule has 0 spiro atoms. The highest BCUT2D eigenvalue weighted by atomic mass is 32.2. The largest absolute Gasteiger partial charge is 0.388 e. The van der Waals surface area contributed by atoms with Gasteiger partial charge in [0.25, 0.3) is 0 Å². The summed E-state index contributed by atoms with van der Waals surface area (Å²) in [5, 5.41) is 13.7. The van der Waals surface area contributed by atoms with Gasteiger partial charge in [-0.15, -0.1) is 13.2 Å². The third-order valence-corrected chi connectivity index (χ3v) is 3.86. The smallest absolute Gasteiger partial charge is 0.0839 e. The topological polar surface area (TPSA) is 32.3 Å². The van der Waals surface area contributed by atoms with Crippen molar-refractivity contribution >= 4 is 11.8 Å². The second-order valence-corrected chi connectivity index (χ2v) is 5.30. The highest BCUT2D eigenvalue weighted by Crippen LogP contribution is 2.20. The molecule has 86 valence electrons. The highest BCUT2D eigenvalue weighted by molar-refractivity contribution is 7.99. The summed E-state index contributed by atoms with van der Waals surface area (Å²) in [5.74, 6) is 2.40. The molecule has 1 aliphatic heterocycles. The Balaban J connectivity index is 2.35. The first kappa shape index (κ1) is 12.8. The summed E-state index contributed by atoms with van der Waals surface area (Å²) in [7, 11) is 0. The molecule has 2 N–H and O–H groups in total. The fourth-order valence-corrected chi connectivity index (χ4v) is 2.98. The maximum absolute atomic E-state index is 10.3. The fourth-order valence-electron chi connectivity index (χ4n) is 1.79. The van der Waals surface area contributed by atoms with Gasteiger partial charge in [-0.25, -0.2) is 0 Å². The van der Waals surface area contributed by atoms with Crippen LogP contribution in [0.3, 0.4) is 0 Å². The van der Waals surface area contributed by atoms with E-state index in [2.05, 4.69) is 18.5 Å². The Hall–Kier alpha value is -0.250. The first-order valence-corrected chi connectivity index (χ1v) is 6.61. The van der Waals surface area contributed by atoms with E-state index in [1.807, 2.05) is 11.8 Å². The average Bonchev–Trinajstić information content (AvgIpc) is 2.68. The third kappa shape index (κ3) is 4.41. The lowest BCUT2D eigenvalue weighted by atomic mass is 9.95. The van der Waals surface area contributed by atoms with Gasteiger partial charge in [0.2, 0.25) is 0 Å². The Labute approximate surface area is 96.8 Å². The van der Waals surface area contributed by atoms with Crippen molar-refractivity contribution in [1.29, 1.82) is 0 Å². The standard InChI is InChI=1S/C12H21NOS/c1-3-6-12(14,7-4-2)10-13-11-5-8-15-9-11/h3-4,11,13-14H,1-2,5-10H2. The van der Waals surface area contributed by atoms with Crippen molar-refractivity contribution in [2.45, 2.75) is 30.9 Å². The Kier molecular flexibility index (Phi) is 5.43. The van der Waals surface area contributed by atoms with E-state index in [0.717, 1.165) is 5.75 Å². The molecule has 1 heterocycles. The van der Waals surface area contributed by atoms with Crippen molar-refractivity contribution in [3.05, 3.63) is 25.3 Å². The van der Waals surface area contributed by atoms with Gasteiger partial charge < -0.3 is 10.4 Å². The van der Waals surface area contributed by atoms with Crippen LogP contribution in [0.4, 0.5) is 0 Å². The number of nitrogens with one attached hydrogen (secondary N) is 1. The van der Waals surface area contributed by atoms with Crippen LogP contribution in [-0.2, 0) is 0 Å². The molecule has 1 unspecified atom stereocenters. The van der Waals surface area contributed by atoms with Gasteiger partial charge in [-0.2, -0.15) is 11.8 Å². The summed E-state index contributed by atoms with van der Waals surface area (Å²) in [4.78, 5) is 0. The average molecular weight is 227 g/mol. The molecular weight excluding hydrogens is 206 g/mol. The molecule has 2 nitrogen and oxygen atoms in total. The molecule has 1 fully saturated rings. The molecule has 1 rings (SSSR count). The van der Waals surface area contributed by atoms with Crippen LogP contribution in [0, 0.1) is 0 Å². The second-order valence-electron chi connectivity index (χ2n) is 4.15. The molecule has 0 amide bonds. The zero-order valence-corrected chi connectivity index (χ0v) is 10.1. The first-order valence-electron chi connectivity index (χ1n) is 5.45. The number of aliphatic hydroxyl groups is 1. The number of thioether (sulfide) groups is 1. The summed E-state index contributed by atoms with van der Waals surface area (Å²) in [6.45, 7) is 8.00. The molecule has 0 aromatic carbocycles. The summed E-state index contributed by atoms with van der Waals surface area (Å²) in [6.07, 6.45) is 5.99. The molecule has 0 aromatic heterocycles. The van der Waals surface area contributed by atoms with E-state index in [0.29, 0.717) is 25.4 Å². The van der Waals surface area contributed by atoms with E-state index in [1.165, 1.54) is 12.2 Å². The van der Waals surface area contributed by atoms with Gasteiger partial charge in [0.1, 0.15) is 0 Å². The Morgan fingerprint density at radius 1 is 1.40 bits per heavy atom. The van der Waals surface area contributed by atoms with E-state index in [4.69, 9.17) is 0 Å². The lowest BCUT2D eigenvalue weighted by molar-refractivity contribution is 0.0442. The molecular formula is C12H21NOS. The van der Waals surface area contributed by atoms with Gasteiger partial charge >= 0.3 is 0 Å². The van der Waals surface area contributed by atoms with Crippen molar-refractivity contribution in [3.8, 4) is 0 Å². The van der Waals surface area contributed by atoms with Gasteiger partial charge in [0.15, 0.2) is 0 Å². The second kappa shape index (κ2) is 6.36. The molecule has 0 radical (unpaired) electrons. The minimum Gasteiger partial charge on any atom is -0.388 e. The molecule has 15 heavy (non-hydrogen) atoms. The minimum atomic E-state index is -0.698. The molecule has 0 saturated carbocycles. The monoisotopic (exact) mass is 227 g/mol. The fraction of sp³-hybridized carbons (Fsp3) is 0.667. The zero-order valence-electron chi connectivity index (χ0n) is 9.24. The van der Waals surface area contributed by atoms with Crippen LogP contribution in [0.25, 0.3) is 0 Å². The Morgan fingerprint density at radius 2 is 2.07 bits per heavy atom. The summed E-state index contributed by atoms with van der Waals surface area (Å²) in [5.41, 5.74) is -0.698. The summed E-state index contributed by atoms with van der Waals surface area (Å²) in [6, 6.07) is 0.566. The van der Waals surface area contributed by atoms with Crippen LogP contribution in [0.1, 0.15) is 19.3 Å². The summed E-state index contributed by atoms with van der Waals surface area (Å²) < 4.78 is 0. The SMILES string of the molecule is C=CCC(O)(CC=C)CNC1CCSC1. The normalized spacial score (nSPS) is 21.5. The van der Waals surface area contributed by atoms with Gasteiger partial charge in [-0.05, 0) is 25.0 Å². The van der Waals surface area contributed by atoms with E-state index < -0.39 is 5.60 Å². The van der Waals surface area contributed by atoms with E-state index in [9.17, 15) is 5.11 Å². The Morgan fingerprint density at radius 3 is 2.53 bits per heavy atom. The van der Waals surface area contributed by atoms with Gasteiger partial charge in [0, 0.05) is 18.3 Å². The predicted octanol–water partition coefficient (Wildman–Crippen LogP) is 1.96. The molecule has 1 aliphatic rings. The molecule has 3 heteroatoms. The maximum Gasteiger partial charge on any atom is 0.0839 e. The van der Waals surface area contributed by atoms with E-state index in [1.54, 1.807) is 12.2 Å². The van der Waals surface area contributed by atoms with Crippen molar-refractivity contribution in [1.82, 2.24) is 5.32 Å². The maximum atomic E-state index is 10.3. The van der Waals surface area contributed by atoms with Crippen LogP contribution in [0.15, 0.2) is 25.3 Å². The molecule has 0 bridgehead atoms. The van der Waals surface area contributed by atoms with Crippen LogP contribution in [-0.4, -0.2) is 34.8 Å². The van der Waals surface area contributed by atoms with E-state index in [-0.39, 0.29) is 0 Å². The number of hydrogen-bond acceptors (Lipinski definition) is 3. The zero-order chi connectivity index (χ0) is 11.1. The lowest BCUT2D eigenvalue weighted by Gasteiger charge is -2.27. The predicted molar refractivity (Wildman–Crippen MR) is 68.3 cm³/mol. The van der Waals surface area contributed by atoms with Crippen LogP contribution in [0.2, 0.25) is 0 Å². The van der Waals surface area contributed by atoms with Gasteiger partial charge in [0.05, 0.1) is 5.60 Å². The van der Waals surface area contributed by atoms with Crippen molar-refractivity contribution < 1.29 is 5.11 Å². The Bertz CT molecular complexity index is 202. The van der Waals surface area contributed by atoms with E-state index >= 15 is 0 Å². The molecule has 0 aliphatic carbocycles. The molecule has 1 atom stereocenters. The quantitative estimate of drug-likeness (QED) is 0.652. The number of rotatable bonds is 7. The van der Waals surface area contributed by atoms with Gasteiger partial charge in [-0.3, -0.25) is 0 Å². The van der Waals surface area contributed by atoms with Crippen molar-refractivity contribution in [2.24, 2.45) is 0 Å². The van der Waals surface area contributed by atoms with Crippen LogP contribution >= 0.6 is 11.8 Å². The van der Waals surface area contributed by atoms with Crippen molar-refractivity contribution in [2.75, 3.05) is 18.1 Å². The van der Waals surface area contributed by atoms with Crippen molar-refractivity contribution in [3.63, 3.8) is 0 Å². The summed E-state index contributed by atoms with van der Waals surface area (Å²) >= 11 is 1.98. The molecule has 0 aromatic rings. The molecule has 1 saturated heterocycles. The van der Waals surface area contributed by atoms with Gasteiger partial charge in [-0.1, -0.05) is 12.2 Å². The third-order valence-electron chi connectivity index (χ3n) is 2.70. The lowest BCUT2D eigenvalue weighted by Crippen LogP contribution is -2.44. The highest BCUT2D eigenvalue weighted by Gasteiger charge is 2.25.